The molecule has 10 nitrogen and oxygen atoms in total. The monoisotopic (exact) mass is 756 g/mol. The van der Waals surface area contributed by atoms with Crippen molar-refractivity contribution in [1.29, 1.82) is 0 Å². The van der Waals surface area contributed by atoms with E-state index >= 15 is 0 Å². The van der Waals surface area contributed by atoms with Crippen LogP contribution in [0.5, 0.6) is 0 Å². The Morgan fingerprint density at radius 3 is 1.80 bits per heavy atom. The number of imidazole rings is 2. The minimum Gasteiger partial charge on any atom is -0.444 e. The number of piperidine rings is 2. The summed E-state index contributed by atoms with van der Waals surface area (Å²) in [6.45, 7) is 11.1. The molecule has 4 aromatic rings. The molecule has 55 heavy (non-hydrogen) atoms. The number of aromatic nitrogens is 4. The fourth-order valence-electron chi connectivity index (χ4n) is 8.99. The molecule has 2 aromatic carbocycles. The van der Waals surface area contributed by atoms with Gasteiger partial charge in [-0.3, -0.25) is 9.80 Å². The van der Waals surface area contributed by atoms with Gasteiger partial charge in [-0.15, -0.1) is 0 Å². The third-order valence-corrected chi connectivity index (χ3v) is 11.5. The average Bonchev–Trinajstić information content (AvgIpc) is 3.74. The van der Waals surface area contributed by atoms with Gasteiger partial charge in [0.15, 0.2) is 0 Å². The highest BCUT2D eigenvalue weighted by Gasteiger charge is 2.57. The molecule has 4 fully saturated rings. The Labute approximate surface area is 318 Å². The van der Waals surface area contributed by atoms with E-state index in [4.69, 9.17) is 19.4 Å². The second kappa shape index (κ2) is 12.3. The molecule has 2 saturated heterocycles. The molecule has 0 radical (unpaired) electrons. The molecule has 0 spiro atoms. The van der Waals surface area contributed by atoms with E-state index in [1.165, 1.54) is 5.56 Å². The molecule has 290 valence electrons. The molecule has 2 saturated carbocycles. The summed E-state index contributed by atoms with van der Waals surface area (Å²) in [6, 6.07) is 13.4. The highest BCUT2D eigenvalue weighted by Crippen LogP contribution is 2.55. The van der Waals surface area contributed by atoms with Gasteiger partial charge in [0.25, 0.3) is 0 Å². The molecule has 2 amide bonds. The second-order valence-electron chi connectivity index (χ2n) is 18.0. The van der Waals surface area contributed by atoms with Gasteiger partial charge in [-0.1, -0.05) is 42.5 Å². The number of carbonyl (C=O) groups is 2. The Bertz CT molecular complexity index is 2180. The molecule has 0 bridgehead atoms. The second-order valence-corrected chi connectivity index (χ2v) is 18.0. The maximum atomic E-state index is 13.8. The lowest BCUT2D eigenvalue weighted by atomic mass is 9.89. The van der Waals surface area contributed by atoms with Crippen LogP contribution in [0.25, 0.3) is 33.6 Å². The minimum atomic E-state index is -4.45. The molecule has 13 heteroatoms. The molecule has 2 N–H and O–H groups in total. The Hall–Kier alpha value is -4.81. The minimum absolute atomic E-state index is 0.0179. The van der Waals surface area contributed by atoms with Crippen LogP contribution in [0, 0.1) is 11.8 Å². The number of hydrogen-bond acceptors (Lipinski definition) is 6. The number of alkyl halides is 3. The molecule has 2 aliphatic heterocycles. The molecule has 4 heterocycles. The predicted octanol–water partition coefficient (Wildman–Crippen LogP) is 9.48. The van der Waals surface area contributed by atoms with E-state index in [0.29, 0.717) is 29.6 Å². The number of amides is 2. The SMILES string of the molecule is CC(C)(C)OC(=O)N1C2CC2C[C@H]1c1nc(-c2ccc(-c3ccc4c(c3)CCc3[nH]c([C@@H]5C[C@H]6C[C@H]6N5C(=O)OC(C)(C)C)nc3-4)cc2)c(CC(F)(F)F)[nH]1. The number of benzene rings is 2. The van der Waals surface area contributed by atoms with Crippen molar-refractivity contribution in [1.82, 2.24) is 29.7 Å². The number of ether oxygens (including phenoxy) is 2. The highest BCUT2D eigenvalue weighted by atomic mass is 19.4. The van der Waals surface area contributed by atoms with Gasteiger partial charge in [0.05, 0.1) is 35.6 Å². The molecule has 2 unspecified atom stereocenters. The van der Waals surface area contributed by atoms with E-state index in [1.54, 1.807) is 25.7 Å². The number of rotatable bonds is 5. The van der Waals surface area contributed by atoms with E-state index in [-0.39, 0.29) is 35.6 Å². The summed E-state index contributed by atoms with van der Waals surface area (Å²) in [4.78, 5) is 46.3. The first-order valence-corrected chi connectivity index (χ1v) is 19.4. The zero-order valence-electron chi connectivity index (χ0n) is 32.0. The third kappa shape index (κ3) is 6.88. The maximum Gasteiger partial charge on any atom is 0.411 e. The smallest absolute Gasteiger partial charge is 0.411 e. The molecular formula is C42H47F3N6O4. The Balaban J connectivity index is 0.961. The summed E-state index contributed by atoms with van der Waals surface area (Å²) in [7, 11) is 0. The molecule has 9 rings (SSSR count). The number of nitrogens with one attached hydrogen (secondary N) is 2. The van der Waals surface area contributed by atoms with E-state index in [9.17, 15) is 22.8 Å². The lowest BCUT2D eigenvalue weighted by Gasteiger charge is -2.29. The summed E-state index contributed by atoms with van der Waals surface area (Å²) in [5.41, 5.74) is 5.64. The number of aryl methyl sites for hydroxylation is 2. The van der Waals surface area contributed by atoms with E-state index in [2.05, 4.69) is 22.1 Å². The van der Waals surface area contributed by atoms with Crippen LogP contribution in [0.4, 0.5) is 22.8 Å². The fraction of sp³-hybridized carbons (Fsp3) is 0.524. The van der Waals surface area contributed by atoms with Crippen LogP contribution in [0.15, 0.2) is 42.5 Å². The highest BCUT2D eigenvalue weighted by molar-refractivity contribution is 5.77. The number of aromatic amines is 2. The average molecular weight is 757 g/mol. The molecule has 6 atom stereocenters. The number of nitrogens with zero attached hydrogens (tertiary/aromatic N) is 4. The summed E-state index contributed by atoms with van der Waals surface area (Å²) >= 11 is 0. The van der Waals surface area contributed by atoms with Crippen LogP contribution in [0.1, 0.15) is 108 Å². The molecular weight excluding hydrogens is 709 g/mol. The summed E-state index contributed by atoms with van der Waals surface area (Å²) in [5, 5.41) is 0. The first-order valence-electron chi connectivity index (χ1n) is 19.4. The Morgan fingerprint density at radius 2 is 1.24 bits per heavy atom. The number of likely N-dealkylation sites (tertiary alicyclic amines) is 2. The van der Waals surface area contributed by atoms with Crippen molar-refractivity contribution in [2.24, 2.45) is 11.8 Å². The van der Waals surface area contributed by atoms with Crippen LogP contribution in [-0.2, 0) is 28.7 Å². The number of carbonyl (C=O) groups excluding carboxylic acids is 2. The first-order chi connectivity index (χ1) is 25.9. The first kappa shape index (κ1) is 35.9. The van der Waals surface area contributed by atoms with Crippen LogP contribution in [-0.4, -0.2) is 71.4 Å². The number of fused-ring (bicyclic) bond motifs is 5. The van der Waals surface area contributed by atoms with Crippen LogP contribution in [0.2, 0.25) is 0 Å². The zero-order chi connectivity index (χ0) is 38.8. The van der Waals surface area contributed by atoms with Gasteiger partial charge in [0.2, 0.25) is 0 Å². The summed E-state index contributed by atoms with van der Waals surface area (Å²) in [6.07, 6.45) is -1.37. The van der Waals surface area contributed by atoms with Gasteiger partial charge < -0.3 is 19.4 Å². The van der Waals surface area contributed by atoms with Crippen molar-refractivity contribution < 1.29 is 32.2 Å². The Kier molecular flexibility index (Phi) is 8.05. The van der Waals surface area contributed by atoms with Crippen molar-refractivity contribution in [2.75, 3.05) is 0 Å². The number of hydrogen-bond donors (Lipinski definition) is 2. The fourth-order valence-corrected chi connectivity index (χ4v) is 8.99. The topological polar surface area (TPSA) is 116 Å². The standard InChI is InChI=1S/C42H47F3N6O4/c1-40(2,3)54-38(52)50-30-16-25(30)18-32(50)36-46-28-14-12-24-15-23(11-13-27(24)35(28)49-36)21-7-9-22(10-8-21)34-29(20-42(43,44)45)47-37(48-34)33-19-26-17-31(26)51(33)39(53)55-41(4,5)6/h7-11,13,15,25-26,30-33H,12,14,16-20H2,1-6H3,(H,46,49)(H,47,48)/t25-,26?,30-,31?,32+,33+/m1/s1. The summed E-state index contributed by atoms with van der Waals surface area (Å²) in [5.74, 6) is 1.94. The van der Waals surface area contributed by atoms with Crippen molar-refractivity contribution >= 4 is 12.2 Å². The summed E-state index contributed by atoms with van der Waals surface area (Å²) < 4.78 is 53.0. The quantitative estimate of drug-likeness (QED) is 0.210. The lowest BCUT2D eigenvalue weighted by Crippen LogP contribution is -2.38. The third-order valence-electron chi connectivity index (χ3n) is 11.5. The molecule has 3 aliphatic carbocycles. The van der Waals surface area contributed by atoms with Gasteiger partial charge in [0.1, 0.15) is 22.9 Å². The van der Waals surface area contributed by atoms with Crippen molar-refractivity contribution in [3.63, 3.8) is 0 Å². The zero-order valence-corrected chi connectivity index (χ0v) is 32.0. The molecule has 2 aromatic heterocycles. The molecule has 5 aliphatic rings. The number of H-pyrrole nitrogens is 2. The van der Waals surface area contributed by atoms with Gasteiger partial charge in [-0.05, 0) is 109 Å². The van der Waals surface area contributed by atoms with Gasteiger partial charge in [-0.25, -0.2) is 19.6 Å². The van der Waals surface area contributed by atoms with Crippen LogP contribution < -0.4 is 0 Å². The van der Waals surface area contributed by atoms with E-state index < -0.39 is 35.9 Å². The normalized spacial score (nSPS) is 25.3. The van der Waals surface area contributed by atoms with Gasteiger partial charge in [-0.2, -0.15) is 13.2 Å². The van der Waals surface area contributed by atoms with Gasteiger partial charge in [0, 0.05) is 28.9 Å². The van der Waals surface area contributed by atoms with E-state index in [0.717, 1.165) is 66.0 Å². The largest absolute Gasteiger partial charge is 0.444 e. The van der Waals surface area contributed by atoms with E-state index in [1.807, 2.05) is 56.0 Å². The van der Waals surface area contributed by atoms with Gasteiger partial charge >= 0.3 is 18.4 Å². The van der Waals surface area contributed by atoms with Crippen molar-refractivity contribution in [3.05, 3.63) is 71.1 Å². The van der Waals surface area contributed by atoms with Crippen LogP contribution in [0.3, 0.4) is 0 Å². The number of halogens is 3. The maximum absolute atomic E-state index is 13.8. The van der Waals surface area contributed by atoms with Crippen molar-refractivity contribution in [3.8, 4) is 33.6 Å². The predicted molar refractivity (Wildman–Crippen MR) is 199 cm³/mol. The van der Waals surface area contributed by atoms with Crippen molar-refractivity contribution in [2.45, 2.75) is 128 Å². The Morgan fingerprint density at radius 1 is 0.709 bits per heavy atom. The lowest BCUT2D eigenvalue weighted by molar-refractivity contribution is -0.127. The van der Waals surface area contributed by atoms with Crippen LogP contribution >= 0.6 is 0 Å².